The summed E-state index contributed by atoms with van der Waals surface area (Å²) in [6, 6.07) is 10.3. The quantitative estimate of drug-likeness (QED) is 0.820. The zero-order valence-electron chi connectivity index (χ0n) is 11.4. The average molecular weight is 410 g/mol. The first kappa shape index (κ1) is 14.5. The Balaban J connectivity index is 2.00. The third-order valence-electron chi connectivity index (χ3n) is 3.45. The summed E-state index contributed by atoms with van der Waals surface area (Å²) in [6.07, 6.45) is 1.79. The van der Waals surface area contributed by atoms with E-state index in [4.69, 9.17) is 5.73 Å². The molecule has 2 N–H and O–H groups in total. The molecule has 1 aromatic heterocycles. The van der Waals surface area contributed by atoms with Gasteiger partial charge in [-0.05, 0) is 57.0 Å². The number of anilines is 1. The van der Waals surface area contributed by atoms with E-state index in [1.165, 1.54) is 5.56 Å². The molecule has 0 spiro atoms. The van der Waals surface area contributed by atoms with Gasteiger partial charge in [0, 0.05) is 20.8 Å². The van der Waals surface area contributed by atoms with Gasteiger partial charge in [-0.3, -0.25) is 9.98 Å². The molecule has 1 aliphatic heterocycles. The molecule has 1 aromatic carbocycles. The summed E-state index contributed by atoms with van der Waals surface area (Å²) >= 11 is 7.00. The SMILES string of the molecule is Cc1ccc(N2C(N)=NCC2c2ncc(Br)cc2Br)cc1. The second-order valence-electron chi connectivity index (χ2n) is 4.94. The van der Waals surface area contributed by atoms with Gasteiger partial charge in [-0.2, -0.15) is 0 Å². The number of guanidine groups is 1. The normalized spacial score (nSPS) is 18.0. The van der Waals surface area contributed by atoms with Crippen LogP contribution in [0, 0.1) is 6.92 Å². The van der Waals surface area contributed by atoms with Crippen LogP contribution in [-0.2, 0) is 0 Å². The molecular weight excluding hydrogens is 396 g/mol. The van der Waals surface area contributed by atoms with Crippen molar-refractivity contribution in [3.8, 4) is 0 Å². The molecule has 21 heavy (non-hydrogen) atoms. The first-order chi connectivity index (χ1) is 10.1. The fourth-order valence-electron chi connectivity index (χ4n) is 2.39. The molecule has 1 atom stereocenters. The van der Waals surface area contributed by atoms with Crippen molar-refractivity contribution >= 4 is 43.5 Å². The number of hydrogen-bond donors (Lipinski definition) is 1. The highest BCUT2D eigenvalue weighted by atomic mass is 79.9. The number of aromatic nitrogens is 1. The summed E-state index contributed by atoms with van der Waals surface area (Å²) in [5, 5.41) is 0. The van der Waals surface area contributed by atoms with Crippen molar-refractivity contribution in [1.29, 1.82) is 0 Å². The topological polar surface area (TPSA) is 54.5 Å². The first-order valence-corrected chi connectivity index (χ1v) is 8.11. The lowest BCUT2D eigenvalue weighted by Gasteiger charge is -2.26. The highest BCUT2D eigenvalue weighted by Gasteiger charge is 2.31. The minimum atomic E-state index is 0.00943. The lowest BCUT2D eigenvalue weighted by atomic mass is 10.1. The maximum Gasteiger partial charge on any atom is 0.196 e. The highest BCUT2D eigenvalue weighted by molar-refractivity contribution is 9.11. The maximum atomic E-state index is 6.08. The van der Waals surface area contributed by atoms with Crippen LogP contribution in [0.15, 0.2) is 50.5 Å². The van der Waals surface area contributed by atoms with Gasteiger partial charge in [-0.25, -0.2) is 0 Å². The lowest BCUT2D eigenvalue weighted by Crippen LogP contribution is -2.36. The van der Waals surface area contributed by atoms with E-state index >= 15 is 0 Å². The fourth-order valence-corrected chi connectivity index (χ4v) is 3.65. The van der Waals surface area contributed by atoms with Gasteiger partial charge >= 0.3 is 0 Å². The molecule has 3 rings (SSSR count). The number of benzene rings is 1. The predicted octanol–water partition coefficient (Wildman–Crippen LogP) is 3.79. The summed E-state index contributed by atoms with van der Waals surface area (Å²) in [5.41, 5.74) is 9.26. The molecule has 0 aliphatic carbocycles. The Morgan fingerprint density at radius 2 is 1.95 bits per heavy atom. The molecule has 0 saturated heterocycles. The van der Waals surface area contributed by atoms with E-state index in [2.05, 4.69) is 73.0 Å². The number of rotatable bonds is 2. The summed E-state index contributed by atoms with van der Waals surface area (Å²) in [7, 11) is 0. The molecule has 0 saturated carbocycles. The van der Waals surface area contributed by atoms with E-state index in [1.54, 1.807) is 6.20 Å². The Labute approximate surface area is 140 Å². The van der Waals surface area contributed by atoms with Crippen LogP contribution in [0.2, 0.25) is 0 Å². The molecule has 4 nitrogen and oxygen atoms in total. The Morgan fingerprint density at radius 1 is 1.24 bits per heavy atom. The smallest absolute Gasteiger partial charge is 0.196 e. The second-order valence-corrected chi connectivity index (χ2v) is 6.71. The molecule has 0 bridgehead atoms. The van der Waals surface area contributed by atoms with Crippen LogP contribution in [-0.4, -0.2) is 17.5 Å². The van der Waals surface area contributed by atoms with Gasteiger partial charge in [0.1, 0.15) is 0 Å². The van der Waals surface area contributed by atoms with Crippen LogP contribution < -0.4 is 10.6 Å². The summed E-state index contributed by atoms with van der Waals surface area (Å²) in [6.45, 7) is 2.67. The Bertz CT molecular complexity index is 697. The van der Waals surface area contributed by atoms with Gasteiger partial charge < -0.3 is 10.6 Å². The Morgan fingerprint density at radius 3 is 2.62 bits per heavy atom. The Kier molecular flexibility index (Phi) is 3.99. The van der Waals surface area contributed by atoms with Gasteiger partial charge in [0.2, 0.25) is 0 Å². The van der Waals surface area contributed by atoms with Crippen LogP contribution in [0.3, 0.4) is 0 Å². The van der Waals surface area contributed by atoms with Crippen LogP contribution in [0.4, 0.5) is 5.69 Å². The van der Waals surface area contributed by atoms with Gasteiger partial charge in [0.25, 0.3) is 0 Å². The lowest BCUT2D eigenvalue weighted by molar-refractivity contribution is 0.734. The van der Waals surface area contributed by atoms with Gasteiger partial charge in [-0.15, -0.1) is 0 Å². The standard InChI is InChI=1S/C15H14Br2N4/c1-9-2-4-11(5-3-9)21-13(8-20-15(21)18)14-12(17)6-10(16)7-19-14/h2-7,13H,8H2,1H3,(H2,18,20). The minimum absolute atomic E-state index is 0.00943. The third-order valence-corrected chi connectivity index (χ3v) is 4.52. The first-order valence-electron chi connectivity index (χ1n) is 6.53. The van der Waals surface area contributed by atoms with Crippen molar-refractivity contribution < 1.29 is 0 Å². The number of halogens is 2. The van der Waals surface area contributed by atoms with Crippen molar-refractivity contribution in [3.05, 3.63) is 56.7 Å². The molecule has 0 radical (unpaired) electrons. The number of nitrogens with zero attached hydrogens (tertiary/aromatic N) is 3. The molecule has 0 amide bonds. The molecule has 108 valence electrons. The molecule has 2 heterocycles. The number of aryl methyl sites for hydroxylation is 1. The van der Waals surface area contributed by atoms with Gasteiger partial charge in [0.15, 0.2) is 5.96 Å². The van der Waals surface area contributed by atoms with E-state index in [-0.39, 0.29) is 6.04 Å². The van der Waals surface area contributed by atoms with E-state index in [9.17, 15) is 0 Å². The second kappa shape index (κ2) is 5.77. The average Bonchev–Trinajstić information content (AvgIpc) is 2.82. The van der Waals surface area contributed by atoms with E-state index in [0.717, 1.165) is 20.3 Å². The summed E-state index contributed by atoms with van der Waals surface area (Å²) in [5.74, 6) is 0.528. The van der Waals surface area contributed by atoms with Crippen molar-refractivity contribution in [2.75, 3.05) is 11.4 Å². The van der Waals surface area contributed by atoms with Crippen molar-refractivity contribution in [2.24, 2.45) is 10.7 Å². The molecule has 2 aromatic rings. The zero-order valence-corrected chi connectivity index (χ0v) is 14.6. The van der Waals surface area contributed by atoms with Crippen molar-refractivity contribution in [3.63, 3.8) is 0 Å². The largest absolute Gasteiger partial charge is 0.369 e. The molecule has 1 unspecified atom stereocenters. The van der Waals surface area contributed by atoms with E-state index in [0.29, 0.717) is 12.5 Å². The summed E-state index contributed by atoms with van der Waals surface area (Å²) in [4.78, 5) is 10.9. The number of pyridine rings is 1. The van der Waals surface area contributed by atoms with E-state index in [1.807, 2.05) is 11.0 Å². The van der Waals surface area contributed by atoms with Crippen molar-refractivity contribution in [2.45, 2.75) is 13.0 Å². The van der Waals surface area contributed by atoms with E-state index < -0.39 is 0 Å². The van der Waals surface area contributed by atoms with Gasteiger partial charge in [-0.1, -0.05) is 17.7 Å². The number of nitrogens with two attached hydrogens (primary N) is 1. The molecular formula is C15H14Br2N4. The molecule has 1 aliphatic rings. The van der Waals surface area contributed by atoms with Crippen molar-refractivity contribution in [1.82, 2.24) is 4.98 Å². The summed E-state index contributed by atoms with van der Waals surface area (Å²) < 4.78 is 1.88. The van der Waals surface area contributed by atoms with Crippen LogP contribution in [0.5, 0.6) is 0 Å². The maximum absolute atomic E-state index is 6.08. The Hall–Kier alpha value is -1.40. The minimum Gasteiger partial charge on any atom is -0.369 e. The van der Waals surface area contributed by atoms with Gasteiger partial charge in [0.05, 0.1) is 18.3 Å². The van der Waals surface area contributed by atoms with Crippen LogP contribution in [0.25, 0.3) is 0 Å². The zero-order chi connectivity index (χ0) is 15.0. The van der Waals surface area contributed by atoms with Crippen LogP contribution in [0.1, 0.15) is 17.3 Å². The highest BCUT2D eigenvalue weighted by Crippen LogP contribution is 2.34. The van der Waals surface area contributed by atoms with Crippen LogP contribution >= 0.6 is 31.9 Å². The third kappa shape index (κ3) is 2.82. The monoisotopic (exact) mass is 408 g/mol. The number of hydrogen-bond acceptors (Lipinski definition) is 4. The fraction of sp³-hybridized carbons (Fsp3) is 0.200. The molecule has 0 fully saturated rings. The predicted molar refractivity (Wildman–Crippen MR) is 92.5 cm³/mol. The number of aliphatic imine (C=N–C) groups is 1. The molecule has 6 heteroatoms.